The van der Waals surface area contributed by atoms with Gasteiger partial charge in [-0.1, -0.05) is 39.3 Å². The molecule has 0 aliphatic carbocycles. The van der Waals surface area contributed by atoms with E-state index in [-0.39, 0.29) is 24.3 Å². The van der Waals surface area contributed by atoms with Crippen molar-refractivity contribution >= 4 is 17.5 Å². The molecule has 0 fully saturated rings. The second-order valence-corrected chi connectivity index (χ2v) is 6.94. The van der Waals surface area contributed by atoms with Gasteiger partial charge < -0.3 is 10.4 Å². The van der Waals surface area contributed by atoms with E-state index in [4.69, 9.17) is 11.6 Å². The highest BCUT2D eigenvalue weighted by Crippen LogP contribution is 2.24. The summed E-state index contributed by atoms with van der Waals surface area (Å²) in [6.07, 6.45) is 1.00. The van der Waals surface area contributed by atoms with Gasteiger partial charge in [0.1, 0.15) is 0 Å². The van der Waals surface area contributed by atoms with Crippen LogP contribution in [0, 0.1) is 5.92 Å². The molecule has 2 rings (SSSR count). The van der Waals surface area contributed by atoms with Crippen LogP contribution in [0.15, 0.2) is 30.5 Å². The lowest BCUT2D eigenvalue weighted by Crippen LogP contribution is -2.35. The van der Waals surface area contributed by atoms with E-state index in [1.165, 1.54) is 0 Å². The van der Waals surface area contributed by atoms with Crippen LogP contribution in [0.4, 0.5) is 0 Å². The highest BCUT2D eigenvalue weighted by atomic mass is 35.5. The molecule has 2 N–H and O–H groups in total. The van der Waals surface area contributed by atoms with Crippen molar-refractivity contribution in [3.63, 3.8) is 0 Å². The zero-order valence-electron chi connectivity index (χ0n) is 14.5. The molecule has 0 bridgehead atoms. The maximum atomic E-state index is 12.5. The summed E-state index contributed by atoms with van der Waals surface area (Å²) < 4.78 is 1.76. The van der Waals surface area contributed by atoms with Crippen molar-refractivity contribution < 1.29 is 9.90 Å². The first kappa shape index (κ1) is 18.5. The third-order valence-electron chi connectivity index (χ3n) is 3.91. The number of carbonyl (C=O) groups is 1. The zero-order valence-corrected chi connectivity index (χ0v) is 15.2. The van der Waals surface area contributed by atoms with Crippen molar-refractivity contribution in [2.75, 3.05) is 6.54 Å². The molecule has 0 saturated heterocycles. The fourth-order valence-electron chi connectivity index (χ4n) is 2.40. The summed E-state index contributed by atoms with van der Waals surface area (Å²) in [5.41, 5.74) is 2.20. The Labute approximate surface area is 147 Å². The zero-order chi connectivity index (χ0) is 17.9. The number of nitrogens with zero attached hydrogens (tertiary/aromatic N) is 2. The molecule has 1 unspecified atom stereocenters. The topological polar surface area (TPSA) is 67.2 Å². The number of rotatable bonds is 6. The van der Waals surface area contributed by atoms with E-state index < -0.39 is 6.10 Å². The van der Waals surface area contributed by atoms with Crippen LogP contribution in [0.5, 0.6) is 0 Å². The molecule has 2 aromatic rings. The van der Waals surface area contributed by atoms with Crippen LogP contribution in [-0.2, 0) is 0 Å². The lowest BCUT2D eigenvalue weighted by molar-refractivity contribution is 0.0870. The smallest absolute Gasteiger partial charge is 0.254 e. The number of aliphatic hydroxyl groups is 1. The number of hydrogen-bond acceptors (Lipinski definition) is 3. The van der Waals surface area contributed by atoms with E-state index in [1.54, 1.807) is 23.0 Å². The average molecular weight is 350 g/mol. The molecule has 24 heavy (non-hydrogen) atoms. The molecule has 1 atom stereocenters. The first-order valence-electron chi connectivity index (χ1n) is 8.11. The van der Waals surface area contributed by atoms with Crippen molar-refractivity contribution in [2.45, 2.75) is 39.7 Å². The predicted octanol–water partition coefficient (Wildman–Crippen LogP) is 3.40. The van der Waals surface area contributed by atoms with Gasteiger partial charge in [0.25, 0.3) is 5.91 Å². The summed E-state index contributed by atoms with van der Waals surface area (Å²) in [6, 6.07) is 7.32. The fourth-order valence-corrected chi connectivity index (χ4v) is 2.53. The Morgan fingerprint density at radius 2 is 1.88 bits per heavy atom. The summed E-state index contributed by atoms with van der Waals surface area (Å²) in [5, 5.41) is 17.7. The maximum absolute atomic E-state index is 12.5. The van der Waals surface area contributed by atoms with Gasteiger partial charge in [-0.2, -0.15) is 5.10 Å². The number of halogens is 1. The molecule has 1 aromatic carbocycles. The first-order valence-corrected chi connectivity index (χ1v) is 8.49. The van der Waals surface area contributed by atoms with Crippen LogP contribution in [0.1, 0.15) is 49.7 Å². The van der Waals surface area contributed by atoms with Crippen molar-refractivity contribution in [1.82, 2.24) is 15.1 Å². The minimum absolute atomic E-state index is 0.0895. The Kier molecular flexibility index (Phi) is 6.02. The molecular weight excluding hydrogens is 326 g/mol. The molecule has 0 saturated carbocycles. The van der Waals surface area contributed by atoms with Gasteiger partial charge in [-0.05, 0) is 36.1 Å². The first-order chi connectivity index (χ1) is 11.3. The summed E-state index contributed by atoms with van der Waals surface area (Å²) in [7, 11) is 0. The Morgan fingerprint density at radius 1 is 1.25 bits per heavy atom. The highest BCUT2D eigenvalue weighted by Gasteiger charge is 2.21. The van der Waals surface area contributed by atoms with Gasteiger partial charge in [-0.25, -0.2) is 4.68 Å². The maximum Gasteiger partial charge on any atom is 0.254 e. The Hall–Kier alpha value is -1.85. The van der Waals surface area contributed by atoms with E-state index in [9.17, 15) is 9.90 Å². The molecule has 1 aromatic heterocycles. The third kappa shape index (κ3) is 4.16. The summed E-state index contributed by atoms with van der Waals surface area (Å²) in [5.74, 6) is -0.0239. The summed E-state index contributed by atoms with van der Waals surface area (Å²) >= 11 is 5.94. The van der Waals surface area contributed by atoms with Gasteiger partial charge in [0.15, 0.2) is 0 Å². The third-order valence-corrected chi connectivity index (χ3v) is 4.16. The van der Waals surface area contributed by atoms with E-state index in [1.807, 2.05) is 39.8 Å². The lowest BCUT2D eigenvalue weighted by Gasteiger charge is -2.16. The number of hydrogen-bond donors (Lipinski definition) is 2. The average Bonchev–Trinajstić information content (AvgIpc) is 2.98. The molecule has 1 amide bonds. The predicted molar refractivity (Wildman–Crippen MR) is 95.8 cm³/mol. The molecule has 0 aliphatic heterocycles. The van der Waals surface area contributed by atoms with Crippen LogP contribution in [0.2, 0.25) is 5.02 Å². The van der Waals surface area contributed by atoms with Gasteiger partial charge >= 0.3 is 0 Å². The molecule has 1 heterocycles. The van der Waals surface area contributed by atoms with Gasteiger partial charge in [0.05, 0.1) is 29.2 Å². The number of aliphatic hydroxyl groups excluding tert-OH is 1. The van der Waals surface area contributed by atoms with E-state index in [2.05, 4.69) is 10.4 Å². The fraction of sp³-hybridized carbons (Fsp3) is 0.444. The highest BCUT2D eigenvalue weighted by molar-refractivity contribution is 6.30. The number of benzene rings is 1. The van der Waals surface area contributed by atoms with Crippen molar-refractivity contribution in [3.8, 4) is 5.69 Å². The van der Waals surface area contributed by atoms with Crippen LogP contribution < -0.4 is 5.32 Å². The van der Waals surface area contributed by atoms with Crippen LogP contribution in [0.25, 0.3) is 5.69 Å². The number of carbonyl (C=O) groups excluding carboxylic acids is 1. The monoisotopic (exact) mass is 349 g/mol. The van der Waals surface area contributed by atoms with Crippen molar-refractivity contribution in [1.29, 1.82) is 0 Å². The Bertz CT molecular complexity index is 693. The van der Waals surface area contributed by atoms with Crippen LogP contribution in [0.3, 0.4) is 0 Å². The lowest BCUT2D eigenvalue weighted by atomic mass is 10.0. The minimum atomic E-state index is -0.567. The van der Waals surface area contributed by atoms with Gasteiger partial charge in [-0.3, -0.25) is 4.79 Å². The quantitative estimate of drug-likeness (QED) is 0.840. The standard InChI is InChI=1S/C18H24ClN3O2/c1-11(2)16(23)10-20-18(24)15-9-21-22(17(15)12(3)4)14-7-5-13(19)6-8-14/h5-9,11-12,16,23H,10H2,1-4H3,(H,20,24). The van der Waals surface area contributed by atoms with Gasteiger partial charge in [0, 0.05) is 11.6 Å². The van der Waals surface area contributed by atoms with E-state index in [0.717, 1.165) is 11.4 Å². The summed E-state index contributed by atoms with van der Waals surface area (Å²) in [6.45, 7) is 8.08. The summed E-state index contributed by atoms with van der Waals surface area (Å²) in [4.78, 5) is 12.5. The second kappa shape index (κ2) is 7.81. The van der Waals surface area contributed by atoms with Gasteiger partial charge in [-0.15, -0.1) is 0 Å². The molecule has 6 heteroatoms. The van der Waals surface area contributed by atoms with Crippen molar-refractivity contribution in [2.24, 2.45) is 5.92 Å². The molecular formula is C18H24ClN3O2. The number of nitrogens with one attached hydrogen (secondary N) is 1. The van der Waals surface area contributed by atoms with Crippen molar-refractivity contribution in [3.05, 3.63) is 46.7 Å². The second-order valence-electron chi connectivity index (χ2n) is 6.51. The van der Waals surface area contributed by atoms with Crippen LogP contribution in [-0.4, -0.2) is 33.4 Å². The van der Waals surface area contributed by atoms with Crippen LogP contribution >= 0.6 is 11.6 Å². The Balaban J connectivity index is 2.28. The Morgan fingerprint density at radius 3 is 2.42 bits per heavy atom. The van der Waals surface area contributed by atoms with E-state index >= 15 is 0 Å². The molecule has 130 valence electrons. The van der Waals surface area contributed by atoms with E-state index in [0.29, 0.717) is 10.6 Å². The molecule has 0 spiro atoms. The minimum Gasteiger partial charge on any atom is -0.391 e. The normalized spacial score (nSPS) is 12.7. The molecule has 0 aliphatic rings. The molecule has 0 radical (unpaired) electrons. The number of amides is 1. The van der Waals surface area contributed by atoms with Gasteiger partial charge in [0.2, 0.25) is 0 Å². The SMILES string of the molecule is CC(C)c1c(C(=O)NCC(O)C(C)C)cnn1-c1ccc(Cl)cc1. The molecule has 5 nitrogen and oxygen atoms in total. The largest absolute Gasteiger partial charge is 0.391 e. The number of aromatic nitrogens is 2.